The lowest BCUT2D eigenvalue weighted by Gasteiger charge is -2.19. The van der Waals surface area contributed by atoms with Gasteiger partial charge in [0, 0.05) is 31.5 Å². The van der Waals surface area contributed by atoms with Crippen LogP contribution in [0.15, 0.2) is 0 Å². The molecule has 2 rings (SSSR count). The Labute approximate surface area is 114 Å². The zero-order chi connectivity index (χ0) is 14.0. The lowest BCUT2D eigenvalue weighted by molar-refractivity contribution is -0.129. The third kappa shape index (κ3) is 3.47. The molecule has 1 atom stereocenters. The minimum atomic E-state index is -0.222. The number of nitrogens with zero attached hydrogens (tertiary/aromatic N) is 1. The van der Waals surface area contributed by atoms with Gasteiger partial charge in [-0.25, -0.2) is 0 Å². The van der Waals surface area contributed by atoms with Crippen LogP contribution in [0.3, 0.4) is 0 Å². The zero-order valence-electron chi connectivity index (χ0n) is 11.8. The summed E-state index contributed by atoms with van der Waals surface area (Å²) < 4.78 is 0. The number of rotatable bonds is 6. The predicted octanol–water partition coefficient (Wildman–Crippen LogP) is 0.380. The Balaban J connectivity index is 1.79. The van der Waals surface area contributed by atoms with Crippen LogP contribution in [0.25, 0.3) is 0 Å². The molecule has 0 spiro atoms. The van der Waals surface area contributed by atoms with Gasteiger partial charge in [0.15, 0.2) is 0 Å². The summed E-state index contributed by atoms with van der Waals surface area (Å²) in [4.78, 5) is 25.6. The van der Waals surface area contributed by atoms with Crippen molar-refractivity contribution >= 4 is 11.8 Å². The predicted molar refractivity (Wildman–Crippen MR) is 71.3 cm³/mol. The summed E-state index contributed by atoms with van der Waals surface area (Å²) in [5, 5.41) is 12.1. The highest BCUT2D eigenvalue weighted by molar-refractivity contribution is 5.89. The fourth-order valence-electron chi connectivity index (χ4n) is 2.55. The second-order valence-electron chi connectivity index (χ2n) is 6.47. The van der Waals surface area contributed by atoms with E-state index in [-0.39, 0.29) is 29.8 Å². The Morgan fingerprint density at radius 1 is 1.53 bits per heavy atom. The van der Waals surface area contributed by atoms with Crippen LogP contribution in [0.2, 0.25) is 0 Å². The molecule has 1 aliphatic carbocycles. The van der Waals surface area contributed by atoms with E-state index in [1.54, 1.807) is 4.90 Å². The largest absolute Gasteiger partial charge is 0.396 e. The van der Waals surface area contributed by atoms with Gasteiger partial charge in [-0.2, -0.15) is 0 Å². The maximum Gasteiger partial charge on any atom is 0.225 e. The third-order valence-electron chi connectivity index (χ3n) is 4.10. The molecule has 1 heterocycles. The van der Waals surface area contributed by atoms with E-state index in [4.69, 9.17) is 0 Å². The van der Waals surface area contributed by atoms with Gasteiger partial charge >= 0.3 is 0 Å². The summed E-state index contributed by atoms with van der Waals surface area (Å²) >= 11 is 0. The van der Waals surface area contributed by atoms with Crippen LogP contribution < -0.4 is 5.32 Å². The van der Waals surface area contributed by atoms with Crippen molar-refractivity contribution in [3.05, 3.63) is 0 Å². The van der Waals surface area contributed by atoms with E-state index in [1.807, 2.05) is 0 Å². The van der Waals surface area contributed by atoms with Crippen molar-refractivity contribution in [2.75, 3.05) is 26.2 Å². The first-order valence-corrected chi connectivity index (χ1v) is 7.12. The summed E-state index contributed by atoms with van der Waals surface area (Å²) in [6.45, 7) is 6.07. The first-order valence-electron chi connectivity index (χ1n) is 7.12. The Kier molecular flexibility index (Phi) is 4.13. The second-order valence-corrected chi connectivity index (χ2v) is 6.47. The summed E-state index contributed by atoms with van der Waals surface area (Å²) in [6.07, 6.45) is 2.28. The average Bonchev–Trinajstić information content (AvgIpc) is 3.06. The van der Waals surface area contributed by atoms with Gasteiger partial charge in [-0.1, -0.05) is 13.8 Å². The smallest absolute Gasteiger partial charge is 0.225 e. The number of aliphatic hydroxyl groups excluding tert-OH is 1. The van der Waals surface area contributed by atoms with Crippen molar-refractivity contribution in [1.29, 1.82) is 0 Å². The van der Waals surface area contributed by atoms with Gasteiger partial charge in [0.2, 0.25) is 11.8 Å². The minimum absolute atomic E-state index is 0.0423. The van der Waals surface area contributed by atoms with E-state index in [0.717, 1.165) is 19.4 Å². The Morgan fingerprint density at radius 3 is 2.74 bits per heavy atom. The van der Waals surface area contributed by atoms with Crippen LogP contribution >= 0.6 is 0 Å². The summed E-state index contributed by atoms with van der Waals surface area (Å²) in [5.41, 5.74) is -0.0735. The molecule has 19 heavy (non-hydrogen) atoms. The highest BCUT2D eigenvalue weighted by Crippen LogP contribution is 2.44. The van der Waals surface area contributed by atoms with Crippen LogP contribution in [0, 0.1) is 17.3 Å². The fourth-order valence-corrected chi connectivity index (χ4v) is 2.55. The van der Waals surface area contributed by atoms with E-state index < -0.39 is 0 Å². The van der Waals surface area contributed by atoms with Gasteiger partial charge in [-0.15, -0.1) is 0 Å². The highest BCUT2D eigenvalue weighted by atomic mass is 16.3. The number of carbonyl (C=O) groups is 2. The number of carbonyl (C=O) groups excluding carboxylic acids is 2. The summed E-state index contributed by atoms with van der Waals surface area (Å²) in [6, 6.07) is 0. The van der Waals surface area contributed by atoms with E-state index in [0.29, 0.717) is 25.4 Å². The number of aliphatic hydroxyl groups is 1. The van der Waals surface area contributed by atoms with Crippen molar-refractivity contribution in [2.24, 2.45) is 17.3 Å². The average molecular weight is 268 g/mol. The molecule has 0 bridgehead atoms. The second kappa shape index (κ2) is 5.49. The van der Waals surface area contributed by atoms with Crippen LogP contribution in [-0.4, -0.2) is 48.1 Å². The molecule has 0 aromatic rings. The number of nitrogens with one attached hydrogen (secondary N) is 1. The van der Waals surface area contributed by atoms with Gasteiger partial charge in [0.05, 0.1) is 12.5 Å². The minimum Gasteiger partial charge on any atom is -0.396 e. The molecule has 0 aromatic carbocycles. The van der Waals surface area contributed by atoms with Gasteiger partial charge < -0.3 is 15.3 Å². The Morgan fingerprint density at radius 2 is 2.21 bits per heavy atom. The van der Waals surface area contributed by atoms with Gasteiger partial charge in [-0.3, -0.25) is 9.59 Å². The van der Waals surface area contributed by atoms with E-state index in [2.05, 4.69) is 19.2 Å². The lowest BCUT2D eigenvalue weighted by atomic mass is 10.1. The first kappa shape index (κ1) is 14.3. The summed E-state index contributed by atoms with van der Waals surface area (Å²) in [7, 11) is 0. The number of hydrogen-bond donors (Lipinski definition) is 2. The monoisotopic (exact) mass is 268 g/mol. The van der Waals surface area contributed by atoms with Crippen molar-refractivity contribution in [3.63, 3.8) is 0 Å². The fraction of sp³-hybridized carbons (Fsp3) is 0.857. The molecule has 2 N–H and O–H groups in total. The molecule has 2 aliphatic rings. The molecule has 108 valence electrons. The van der Waals surface area contributed by atoms with E-state index in [9.17, 15) is 14.7 Å². The van der Waals surface area contributed by atoms with E-state index >= 15 is 0 Å². The molecular formula is C14H24N2O3. The molecule has 0 aromatic heterocycles. The Bertz CT molecular complexity index is 364. The van der Waals surface area contributed by atoms with Crippen LogP contribution in [0.4, 0.5) is 0 Å². The normalized spacial score (nSPS) is 24.9. The molecule has 2 amide bonds. The summed E-state index contributed by atoms with van der Waals surface area (Å²) in [5.74, 6) is 0.243. The SMILES string of the molecule is CC(C)CN1CC(C(=O)NCC2(CO)CC2)CC1=O. The van der Waals surface area contributed by atoms with Crippen LogP contribution in [0.5, 0.6) is 0 Å². The van der Waals surface area contributed by atoms with Crippen LogP contribution in [0.1, 0.15) is 33.1 Å². The number of amides is 2. The van der Waals surface area contributed by atoms with Gasteiger partial charge in [0.25, 0.3) is 0 Å². The van der Waals surface area contributed by atoms with Crippen molar-refractivity contribution in [2.45, 2.75) is 33.1 Å². The maximum absolute atomic E-state index is 12.0. The zero-order valence-corrected chi connectivity index (χ0v) is 11.8. The molecule has 2 fully saturated rings. The van der Waals surface area contributed by atoms with Crippen molar-refractivity contribution in [3.8, 4) is 0 Å². The van der Waals surface area contributed by atoms with Gasteiger partial charge in [0.1, 0.15) is 0 Å². The molecule has 0 radical (unpaired) electrons. The maximum atomic E-state index is 12.0. The molecule has 1 aliphatic heterocycles. The molecule has 5 heteroatoms. The molecule has 1 saturated heterocycles. The van der Waals surface area contributed by atoms with Gasteiger partial charge in [-0.05, 0) is 18.8 Å². The molecular weight excluding hydrogens is 244 g/mol. The molecule has 1 saturated carbocycles. The van der Waals surface area contributed by atoms with Crippen molar-refractivity contribution < 1.29 is 14.7 Å². The molecule has 5 nitrogen and oxygen atoms in total. The standard InChI is InChI=1S/C14H24N2O3/c1-10(2)6-16-7-11(5-12(16)18)13(19)15-8-14(9-17)3-4-14/h10-11,17H,3-9H2,1-2H3,(H,15,19). The third-order valence-corrected chi connectivity index (χ3v) is 4.10. The first-order chi connectivity index (χ1) is 8.96. The Hall–Kier alpha value is -1.10. The number of hydrogen-bond acceptors (Lipinski definition) is 3. The van der Waals surface area contributed by atoms with Crippen molar-refractivity contribution in [1.82, 2.24) is 10.2 Å². The topological polar surface area (TPSA) is 69.6 Å². The highest BCUT2D eigenvalue weighted by Gasteiger charge is 2.43. The van der Waals surface area contributed by atoms with E-state index in [1.165, 1.54) is 0 Å². The quantitative estimate of drug-likeness (QED) is 0.731. The molecule has 1 unspecified atom stereocenters. The van der Waals surface area contributed by atoms with Crippen LogP contribution in [-0.2, 0) is 9.59 Å². The lowest BCUT2D eigenvalue weighted by Crippen LogP contribution is -2.37. The number of likely N-dealkylation sites (tertiary alicyclic amines) is 1.